The molecule has 0 spiro atoms. The Morgan fingerprint density at radius 3 is 2.30 bits per heavy atom. The minimum Gasteiger partial charge on any atom is -0.456 e. The molecule has 5 nitrogen and oxygen atoms in total. The molecule has 2 N–H and O–H groups in total. The van der Waals surface area contributed by atoms with E-state index in [-0.39, 0.29) is 5.41 Å². The molecular weight excluding hydrogens is 288 g/mol. The smallest absolute Gasteiger partial charge is 0.155 e. The molecule has 1 aromatic carbocycles. The quantitative estimate of drug-likeness (QED) is 0.796. The first-order valence-corrected chi connectivity index (χ1v) is 7.49. The average molecular weight is 308 g/mol. The maximum Gasteiger partial charge on any atom is 0.155 e. The van der Waals surface area contributed by atoms with Crippen LogP contribution in [0.1, 0.15) is 26.5 Å². The second-order valence-electron chi connectivity index (χ2n) is 6.38. The molecule has 0 saturated carbocycles. The number of anilines is 1. The Hall–Kier alpha value is -2.82. The van der Waals surface area contributed by atoms with E-state index in [2.05, 4.69) is 30.9 Å². The Kier molecular flexibility index (Phi) is 3.78. The highest BCUT2D eigenvalue weighted by atomic mass is 16.5. The number of nitrogens with zero attached hydrogens (tertiary/aromatic N) is 3. The summed E-state index contributed by atoms with van der Waals surface area (Å²) in [6.45, 7) is 6.30. The molecule has 2 aromatic heterocycles. The predicted molar refractivity (Wildman–Crippen MR) is 91.0 cm³/mol. The topological polar surface area (TPSA) is 66.0 Å². The highest BCUT2D eigenvalue weighted by molar-refractivity contribution is 5.42. The molecule has 118 valence electrons. The van der Waals surface area contributed by atoms with E-state index in [9.17, 15) is 0 Å². The second-order valence-corrected chi connectivity index (χ2v) is 6.38. The van der Waals surface area contributed by atoms with E-state index in [0.717, 1.165) is 11.4 Å². The van der Waals surface area contributed by atoms with Crippen LogP contribution in [0.5, 0.6) is 11.5 Å². The Morgan fingerprint density at radius 2 is 1.74 bits per heavy atom. The molecule has 0 unspecified atom stereocenters. The van der Waals surface area contributed by atoms with Crippen molar-refractivity contribution >= 4 is 5.82 Å². The van der Waals surface area contributed by atoms with Gasteiger partial charge in [-0.05, 0) is 24.3 Å². The monoisotopic (exact) mass is 308 g/mol. The highest BCUT2D eigenvalue weighted by Crippen LogP contribution is 2.25. The van der Waals surface area contributed by atoms with Crippen LogP contribution in [0.3, 0.4) is 0 Å². The van der Waals surface area contributed by atoms with Crippen LogP contribution in [0.2, 0.25) is 0 Å². The predicted octanol–water partition coefficient (Wildman–Crippen LogP) is 3.94. The summed E-state index contributed by atoms with van der Waals surface area (Å²) in [5.74, 6) is 2.68. The number of para-hydroxylation sites is 1. The lowest BCUT2D eigenvalue weighted by Crippen LogP contribution is -2.12. The molecular formula is C18H20N4O. The number of pyridine rings is 1. The van der Waals surface area contributed by atoms with Crippen LogP contribution in [-0.4, -0.2) is 14.8 Å². The number of nitrogen functional groups attached to an aromatic ring is 1. The van der Waals surface area contributed by atoms with Crippen molar-refractivity contribution in [2.75, 3.05) is 5.73 Å². The molecule has 0 saturated heterocycles. The van der Waals surface area contributed by atoms with Crippen molar-refractivity contribution in [1.29, 1.82) is 0 Å². The van der Waals surface area contributed by atoms with Gasteiger partial charge in [0.1, 0.15) is 17.3 Å². The molecule has 0 atom stereocenters. The Bertz CT molecular complexity index is 786. The molecule has 0 radical (unpaired) electrons. The van der Waals surface area contributed by atoms with Gasteiger partial charge in [0.25, 0.3) is 0 Å². The SMILES string of the molecule is CC(C)(C)c1cc(N)n(-c2ccc(Oc3ccccc3)cn2)n1. The van der Waals surface area contributed by atoms with Gasteiger partial charge in [-0.2, -0.15) is 9.78 Å². The normalized spacial score (nSPS) is 11.4. The Balaban J connectivity index is 1.84. The van der Waals surface area contributed by atoms with Gasteiger partial charge >= 0.3 is 0 Å². The van der Waals surface area contributed by atoms with Crippen molar-refractivity contribution < 1.29 is 4.74 Å². The number of nitrogens with two attached hydrogens (primary N) is 1. The number of rotatable bonds is 3. The van der Waals surface area contributed by atoms with Crippen LogP contribution in [0.4, 0.5) is 5.82 Å². The minimum atomic E-state index is -0.0598. The molecule has 2 heterocycles. The van der Waals surface area contributed by atoms with Crippen molar-refractivity contribution in [3.05, 3.63) is 60.4 Å². The third-order valence-corrected chi connectivity index (χ3v) is 3.42. The fourth-order valence-electron chi connectivity index (χ4n) is 2.13. The van der Waals surface area contributed by atoms with E-state index < -0.39 is 0 Å². The molecule has 5 heteroatoms. The van der Waals surface area contributed by atoms with Gasteiger partial charge in [0.2, 0.25) is 0 Å². The second kappa shape index (κ2) is 5.76. The molecule has 0 fully saturated rings. The van der Waals surface area contributed by atoms with Gasteiger partial charge in [-0.25, -0.2) is 4.98 Å². The third kappa shape index (κ3) is 3.34. The number of ether oxygens (including phenoxy) is 1. The van der Waals surface area contributed by atoms with Gasteiger partial charge < -0.3 is 10.5 Å². The van der Waals surface area contributed by atoms with Crippen LogP contribution in [0, 0.1) is 0 Å². The molecule has 0 amide bonds. The zero-order chi connectivity index (χ0) is 16.4. The molecule has 0 bridgehead atoms. The molecule has 3 aromatic rings. The van der Waals surface area contributed by atoms with Crippen LogP contribution < -0.4 is 10.5 Å². The summed E-state index contributed by atoms with van der Waals surface area (Å²) in [6.07, 6.45) is 1.67. The fraction of sp³-hybridized carbons (Fsp3) is 0.222. The van der Waals surface area contributed by atoms with Crippen LogP contribution in [0.25, 0.3) is 5.82 Å². The van der Waals surface area contributed by atoms with Gasteiger partial charge in [0, 0.05) is 11.5 Å². The van der Waals surface area contributed by atoms with Gasteiger partial charge in [0.05, 0.1) is 11.9 Å². The average Bonchev–Trinajstić information content (AvgIpc) is 2.91. The summed E-state index contributed by atoms with van der Waals surface area (Å²) in [6, 6.07) is 15.2. The summed E-state index contributed by atoms with van der Waals surface area (Å²) < 4.78 is 7.38. The lowest BCUT2D eigenvalue weighted by atomic mass is 9.92. The summed E-state index contributed by atoms with van der Waals surface area (Å²) in [5.41, 5.74) is 6.93. The lowest BCUT2D eigenvalue weighted by Gasteiger charge is -2.14. The van der Waals surface area contributed by atoms with Crippen molar-refractivity contribution in [2.45, 2.75) is 26.2 Å². The largest absolute Gasteiger partial charge is 0.456 e. The van der Waals surface area contributed by atoms with Crippen molar-refractivity contribution in [3.63, 3.8) is 0 Å². The first-order valence-electron chi connectivity index (χ1n) is 7.49. The van der Waals surface area contributed by atoms with E-state index in [1.807, 2.05) is 48.5 Å². The van der Waals surface area contributed by atoms with E-state index in [1.54, 1.807) is 10.9 Å². The maximum absolute atomic E-state index is 6.06. The molecule has 0 aliphatic rings. The van der Waals surface area contributed by atoms with Crippen LogP contribution >= 0.6 is 0 Å². The molecule has 0 aliphatic heterocycles. The fourth-order valence-corrected chi connectivity index (χ4v) is 2.13. The van der Waals surface area contributed by atoms with Gasteiger partial charge in [0.15, 0.2) is 5.82 Å². The number of aromatic nitrogens is 3. The number of benzene rings is 1. The lowest BCUT2D eigenvalue weighted by molar-refractivity contribution is 0.480. The van der Waals surface area contributed by atoms with Crippen molar-refractivity contribution in [1.82, 2.24) is 14.8 Å². The number of hydrogen-bond donors (Lipinski definition) is 1. The van der Waals surface area contributed by atoms with Crippen LogP contribution in [0.15, 0.2) is 54.7 Å². The Labute approximate surface area is 135 Å². The highest BCUT2D eigenvalue weighted by Gasteiger charge is 2.19. The Morgan fingerprint density at radius 1 is 1.00 bits per heavy atom. The first kappa shape index (κ1) is 15.1. The summed E-state index contributed by atoms with van der Waals surface area (Å²) in [4.78, 5) is 4.40. The zero-order valence-electron chi connectivity index (χ0n) is 13.5. The van der Waals surface area contributed by atoms with E-state index >= 15 is 0 Å². The zero-order valence-corrected chi connectivity index (χ0v) is 13.5. The van der Waals surface area contributed by atoms with Gasteiger partial charge in [-0.3, -0.25) is 0 Å². The molecule has 3 rings (SSSR count). The number of hydrogen-bond acceptors (Lipinski definition) is 4. The van der Waals surface area contributed by atoms with Crippen molar-refractivity contribution in [2.24, 2.45) is 0 Å². The van der Waals surface area contributed by atoms with Gasteiger partial charge in [-0.15, -0.1) is 0 Å². The summed E-state index contributed by atoms with van der Waals surface area (Å²) in [7, 11) is 0. The molecule has 0 aliphatic carbocycles. The van der Waals surface area contributed by atoms with Crippen LogP contribution in [-0.2, 0) is 5.41 Å². The third-order valence-electron chi connectivity index (χ3n) is 3.42. The summed E-state index contributed by atoms with van der Waals surface area (Å²) >= 11 is 0. The first-order chi connectivity index (χ1) is 10.9. The summed E-state index contributed by atoms with van der Waals surface area (Å²) in [5, 5.41) is 4.55. The minimum absolute atomic E-state index is 0.0598. The van der Waals surface area contributed by atoms with E-state index in [4.69, 9.17) is 10.5 Å². The van der Waals surface area contributed by atoms with E-state index in [0.29, 0.717) is 17.4 Å². The van der Waals surface area contributed by atoms with E-state index in [1.165, 1.54) is 0 Å². The van der Waals surface area contributed by atoms with Crippen molar-refractivity contribution in [3.8, 4) is 17.3 Å². The maximum atomic E-state index is 6.06. The van der Waals surface area contributed by atoms with Gasteiger partial charge in [-0.1, -0.05) is 39.0 Å². The standard InChI is InChI=1S/C18H20N4O/c1-18(2,3)15-11-16(19)22(21-15)17-10-9-14(12-20-17)23-13-7-5-4-6-8-13/h4-12H,19H2,1-3H3. The molecule has 23 heavy (non-hydrogen) atoms.